The molecule has 0 rings (SSSR count). The standard InChI is InChI=1S/C10H22N2O2S/c1-6-9(2)7-11-8-10(3,4)12-15(5,13)14/h11-12H,2,6-8H2,1,3-5H3. The van der Waals surface area contributed by atoms with Gasteiger partial charge in [-0.25, -0.2) is 13.1 Å². The fourth-order valence-electron chi connectivity index (χ4n) is 1.21. The molecule has 0 aliphatic rings. The summed E-state index contributed by atoms with van der Waals surface area (Å²) in [6.07, 6.45) is 2.10. The molecule has 0 unspecified atom stereocenters. The van der Waals surface area contributed by atoms with Gasteiger partial charge in [-0.1, -0.05) is 19.1 Å². The highest BCUT2D eigenvalue weighted by molar-refractivity contribution is 7.88. The zero-order chi connectivity index (χ0) is 12.1. The minimum Gasteiger partial charge on any atom is -0.311 e. The van der Waals surface area contributed by atoms with E-state index in [1.165, 1.54) is 6.26 Å². The average Bonchev–Trinajstić information content (AvgIpc) is 1.98. The van der Waals surface area contributed by atoms with Crippen LogP contribution in [0.5, 0.6) is 0 Å². The molecule has 0 aliphatic heterocycles. The first-order valence-electron chi connectivity index (χ1n) is 5.02. The molecule has 0 bridgehead atoms. The summed E-state index contributed by atoms with van der Waals surface area (Å²) >= 11 is 0. The molecule has 0 amide bonds. The lowest BCUT2D eigenvalue weighted by molar-refractivity contribution is 0.428. The van der Waals surface area contributed by atoms with E-state index in [2.05, 4.69) is 16.6 Å². The fourth-order valence-corrected chi connectivity index (χ4v) is 2.29. The molecule has 5 heteroatoms. The first kappa shape index (κ1) is 14.6. The summed E-state index contributed by atoms with van der Waals surface area (Å²) in [5.41, 5.74) is 0.645. The number of hydrogen-bond donors (Lipinski definition) is 2. The lowest BCUT2D eigenvalue weighted by atomic mass is 10.1. The van der Waals surface area contributed by atoms with Crippen LogP contribution >= 0.6 is 0 Å². The van der Waals surface area contributed by atoms with Gasteiger partial charge in [0.25, 0.3) is 0 Å². The molecule has 0 heterocycles. The molecule has 0 aliphatic carbocycles. The van der Waals surface area contributed by atoms with Gasteiger partial charge in [0.2, 0.25) is 10.0 Å². The van der Waals surface area contributed by atoms with Crippen LogP contribution in [0.1, 0.15) is 27.2 Å². The molecule has 0 aromatic carbocycles. The predicted octanol–water partition coefficient (Wildman–Crippen LogP) is 0.870. The van der Waals surface area contributed by atoms with Gasteiger partial charge >= 0.3 is 0 Å². The second-order valence-corrected chi connectivity index (χ2v) is 6.21. The molecule has 4 nitrogen and oxygen atoms in total. The SMILES string of the molecule is C=C(CC)CNCC(C)(C)NS(C)(=O)=O. The lowest BCUT2D eigenvalue weighted by Gasteiger charge is -2.25. The van der Waals surface area contributed by atoms with Gasteiger partial charge in [0.1, 0.15) is 0 Å². The van der Waals surface area contributed by atoms with Crippen LogP contribution in [0.15, 0.2) is 12.2 Å². The summed E-state index contributed by atoms with van der Waals surface area (Å²) in [4.78, 5) is 0. The van der Waals surface area contributed by atoms with E-state index in [1.54, 1.807) is 0 Å². The van der Waals surface area contributed by atoms with E-state index < -0.39 is 15.6 Å². The highest BCUT2D eigenvalue weighted by Gasteiger charge is 2.21. The van der Waals surface area contributed by atoms with Gasteiger partial charge in [0.05, 0.1) is 6.26 Å². The summed E-state index contributed by atoms with van der Waals surface area (Å²) in [6, 6.07) is 0. The van der Waals surface area contributed by atoms with Crippen molar-refractivity contribution in [2.24, 2.45) is 0 Å². The maximum absolute atomic E-state index is 11.0. The van der Waals surface area contributed by atoms with Crippen molar-refractivity contribution in [3.05, 3.63) is 12.2 Å². The molecule has 0 aromatic rings. The number of hydrogen-bond acceptors (Lipinski definition) is 3. The zero-order valence-corrected chi connectivity index (χ0v) is 10.9. The monoisotopic (exact) mass is 234 g/mol. The molecule has 0 atom stereocenters. The Morgan fingerprint density at radius 2 is 1.93 bits per heavy atom. The van der Waals surface area contributed by atoms with E-state index >= 15 is 0 Å². The van der Waals surface area contributed by atoms with Crippen molar-refractivity contribution in [2.45, 2.75) is 32.7 Å². The van der Waals surface area contributed by atoms with Crippen LogP contribution in [0, 0.1) is 0 Å². The smallest absolute Gasteiger partial charge is 0.209 e. The Morgan fingerprint density at radius 1 is 1.40 bits per heavy atom. The molecule has 2 N–H and O–H groups in total. The van der Waals surface area contributed by atoms with E-state index in [0.717, 1.165) is 18.5 Å². The molecular formula is C10H22N2O2S. The second-order valence-electron chi connectivity index (χ2n) is 4.47. The fraction of sp³-hybridized carbons (Fsp3) is 0.800. The van der Waals surface area contributed by atoms with Crippen LogP contribution in [0.25, 0.3) is 0 Å². The summed E-state index contributed by atoms with van der Waals surface area (Å²) < 4.78 is 24.7. The largest absolute Gasteiger partial charge is 0.311 e. The van der Waals surface area contributed by atoms with Gasteiger partial charge < -0.3 is 5.32 Å². The van der Waals surface area contributed by atoms with Crippen molar-refractivity contribution < 1.29 is 8.42 Å². The molecule has 0 fully saturated rings. The van der Waals surface area contributed by atoms with E-state index in [1.807, 2.05) is 20.8 Å². The summed E-state index contributed by atoms with van der Waals surface area (Å²) in [7, 11) is -3.15. The van der Waals surface area contributed by atoms with Crippen LogP contribution in [0.2, 0.25) is 0 Å². The molecule has 0 radical (unpaired) electrons. The van der Waals surface area contributed by atoms with Crippen molar-refractivity contribution >= 4 is 10.0 Å². The molecule has 90 valence electrons. The Labute approximate surface area is 93.2 Å². The predicted molar refractivity (Wildman–Crippen MR) is 64.4 cm³/mol. The van der Waals surface area contributed by atoms with Crippen LogP contribution < -0.4 is 10.0 Å². The third-order valence-electron chi connectivity index (χ3n) is 1.90. The van der Waals surface area contributed by atoms with Crippen molar-refractivity contribution in [3.8, 4) is 0 Å². The third kappa shape index (κ3) is 8.59. The molecule has 15 heavy (non-hydrogen) atoms. The Balaban J connectivity index is 4.00. The van der Waals surface area contributed by atoms with Crippen LogP contribution in [0.4, 0.5) is 0 Å². The molecule has 0 spiro atoms. The van der Waals surface area contributed by atoms with E-state index in [4.69, 9.17) is 0 Å². The van der Waals surface area contributed by atoms with Crippen molar-refractivity contribution in [3.63, 3.8) is 0 Å². The van der Waals surface area contributed by atoms with Crippen LogP contribution in [0.3, 0.4) is 0 Å². The minimum atomic E-state index is -3.15. The van der Waals surface area contributed by atoms with Gasteiger partial charge in [-0.05, 0) is 20.3 Å². The maximum Gasteiger partial charge on any atom is 0.209 e. The number of rotatable bonds is 7. The summed E-state index contributed by atoms with van der Waals surface area (Å²) in [5, 5.41) is 3.17. The second kappa shape index (κ2) is 5.63. The van der Waals surface area contributed by atoms with Gasteiger partial charge in [-0.3, -0.25) is 0 Å². The van der Waals surface area contributed by atoms with E-state index in [-0.39, 0.29) is 0 Å². The minimum absolute atomic E-state index is 0.471. The van der Waals surface area contributed by atoms with Crippen LogP contribution in [-0.2, 0) is 10.0 Å². The molecular weight excluding hydrogens is 212 g/mol. The summed E-state index contributed by atoms with van der Waals surface area (Å²) in [6.45, 7) is 10.9. The quantitative estimate of drug-likeness (QED) is 0.643. The number of sulfonamides is 1. The Morgan fingerprint density at radius 3 is 2.33 bits per heavy atom. The van der Waals surface area contributed by atoms with Crippen molar-refractivity contribution in [1.82, 2.24) is 10.0 Å². The van der Waals surface area contributed by atoms with Gasteiger partial charge in [-0.2, -0.15) is 0 Å². The topological polar surface area (TPSA) is 58.2 Å². The maximum atomic E-state index is 11.0. The highest BCUT2D eigenvalue weighted by atomic mass is 32.2. The third-order valence-corrected chi connectivity index (χ3v) is 2.83. The first-order valence-corrected chi connectivity index (χ1v) is 6.92. The van der Waals surface area contributed by atoms with Gasteiger partial charge in [0, 0.05) is 18.6 Å². The van der Waals surface area contributed by atoms with Crippen molar-refractivity contribution in [1.29, 1.82) is 0 Å². The van der Waals surface area contributed by atoms with Crippen molar-refractivity contribution in [2.75, 3.05) is 19.3 Å². The highest BCUT2D eigenvalue weighted by Crippen LogP contribution is 2.02. The Hall–Kier alpha value is -0.390. The normalized spacial score (nSPS) is 12.8. The molecule has 0 saturated heterocycles. The van der Waals surface area contributed by atoms with E-state index in [9.17, 15) is 8.42 Å². The van der Waals surface area contributed by atoms with Gasteiger partial charge in [0.15, 0.2) is 0 Å². The van der Waals surface area contributed by atoms with E-state index in [0.29, 0.717) is 6.54 Å². The number of nitrogens with one attached hydrogen (secondary N) is 2. The summed E-state index contributed by atoms with van der Waals surface area (Å²) in [5.74, 6) is 0. The molecule has 0 aromatic heterocycles. The Bertz CT molecular complexity index is 307. The molecule has 0 saturated carbocycles. The first-order chi connectivity index (χ1) is 6.66. The average molecular weight is 234 g/mol. The lowest BCUT2D eigenvalue weighted by Crippen LogP contribution is -2.50. The zero-order valence-electron chi connectivity index (χ0n) is 10.1. The van der Waals surface area contributed by atoms with Gasteiger partial charge in [-0.15, -0.1) is 0 Å². The van der Waals surface area contributed by atoms with Crippen LogP contribution in [-0.4, -0.2) is 33.3 Å². The Kier molecular flexibility index (Phi) is 5.48.